The molecule has 11 nitrogen and oxygen atoms in total. The van der Waals surface area contributed by atoms with Gasteiger partial charge in [0.15, 0.2) is 23.0 Å². The van der Waals surface area contributed by atoms with E-state index in [1.54, 1.807) is 13.8 Å². The number of ketones is 2. The molecule has 4 atom stereocenters. The number of aldehydes is 1. The molecule has 2 aliphatic rings. The van der Waals surface area contributed by atoms with Crippen molar-refractivity contribution < 1.29 is 23.9 Å². The minimum atomic E-state index is -0.367. The van der Waals surface area contributed by atoms with Gasteiger partial charge < -0.3 is 30.2 Å². The van der Waals surface area contributed by atoms with Crippen LogP contribution >= 0.6 is 12.6 Å². The first kappa shape index (κ1) is 35.3. The standard InChI is InChI=1S/C27H38N4O5S.C3H7NO/c1-8-31-17(12-16-19(32)13-20(35-9-2)26(33)22(16)18(31)14-28-5)25(30(6)7)23-21(37)11-15(4)27(36-10-3)24(23)29-34;1-3(4)2-5/h11,13,17-18,25,28,37H,8-10,12,14H2,1-7H3;2-3H,4H2,1H3. The summed E-state index contributed by atoms with van der Waals surface area (Å²) in [6, 6.07) is 0.609. The zero-order valence-corrected chi connectivity index (χ0v) is 26.8. The summed E-state index contributed by atoms with van der Waals surface area (Å²) in [4.78, 5) is 53.3. The molecule has 3 N–H and O–H groups in total. The maximum atomic E-state index is 13.5. The summed E-state index contributed by atoms with van der Waals surface area (Å²) in [6.45, 7) is 10.9. The lowest BCUT2D eigenvalue weighted by Crippen LogP contribution is -2.57. The Labute approximate surface area is 254 Å². The highest BCUT2D eigenvalue weighted by Crippen LogP contribution is 2.48. The number of hydrogen-bond donors (Lipinski definition) is 3. The Morgan fingerprint density at radius 1 is 1.24 bits per heavy atom. The molecule has 3 rings (SSSR count). The smallest absolute Gasteiger partial charge is 0.225 e. The van der Waals surface area contributed by atoms with Crippen LogP contribution in [0.1, 0.15) is 51.3 Å². The predicted molar refractivity (Wildman–Crippen MR) is 166 cm³/mol. The fourth-order valence-corrected chi connectivity index (χ4v) is 6.10. The predicted octanol–water partition coefficient (Wildman–Crippen LogP) is 3.27. The average molecular weight is 604 g/mol. The molecule has 0 amide bonds. The quantitative estimate of drug-likeness (QED) is 0.141. The molecule has 4 unspecified atom stereocenters. The molecule has 0 saturated carbocycles. The largest absolute Gasteiger partial charge is 0.491 e. The summed E-state index contributed by atoms with van der Waals surface area (Å²) < 4.78 is 11.4. The normalized spacial score (nSPS) is 20.3. The van der Waals surface area contributed by atoms with Crippen molar-refractivity contribution in [1.82, 2.24) is 15.1 Å². The number of rotatable bonds is 12. The Kier molecular flexibility index (Phi) is 13.5. The molecule has 1 aromatic carbocycles. The Morgan fingerprint density at radius 2 is 1.86 bits per heavy atom. The van der Waals surface area contributed by atoms with Gasteiger partial charge in [-0.1, -0.05) is 6.92 Å². The number of benzene rings is 1. The van der Waals surface area contributed by atoms with Gasteiger partial charge in [-0.3, -0.25) is 14.5 Å². The second-order valence-corrected chi connectivity index (χ2v) is 10.9. The summed E-state index contributed by atoms with van der Waals surface area (Å²) in [5, 5.41) is 6.61. The number of Topliss-reactive ketones (excluding diaryl/α,β-unsaturated/α-hetero) is 1. The van der Waals surface area contributed by atoms with E-state index >= 15 is 0 Å². The molecule has 42 heavy (non-hydrogen) atoms. The number of nitroso groups, excluding NO2 is 1. The molecule has 1 aromatic rings. The second kappa shape index (κ2) is 16.1. The summed E-state index contributed by atoms with van der Waals surface area (Å²) in [5.74, 6) is 0.0807. The van der Waals surface area contributed by atoms with E-state index < -0.39 is 0 Å². The van der Waals surface area contributed by atoms with Crippen LogP contribution in [0, 0.1) is 11.8 Å². The number of carbonyl (C=O) groups is 3. The SMILES string of the molecule is CC(N)C=O.CCOC1=CC(=O)C2=C(C1=O)C(CNC)N(CC)C(C(c1c(S)cc(C)c(OCC)c1N=O)N(C)C)C2. The van der Waals surface area contributed by atoms with E-state index in [1.165, 1.54) is 6.08 Å². The molecule has 1 aliphatic carbocycles. The molecule has 0 radical (unpaired) electrons. The summed E-state index contributed by atoms with van der Waals surface area (Å²) in [6.07, 6.45) is 2.34. The van der Waals surface area contributed by atoms with Crippen molar-refractivity contribution in [3.63, 3.8) is 0 Å². The molecule has 12 heteroatoms. The Hall–Kier alpha value is -2.90. The van der Waals surface area contributed by atoms with Gasteiger partial charge in [0.1, 0.15) is 6.29 Å². The van der Waals surface area contributed by atoms with E-state index in [4.69, 9.17) is 27.8 Å². The summed E-state index contributed by atoms with van der Waals surface area (Å²) in [7, 11) is 5.68. The molecule has 0 bridgehead atoms. The van der Waals surface area contributed by atoms with Crippen molar-refractivity contribution in [1.29, 1.82) is 0 Å². The van der Waals surface area contributed by atoms with E-state index in [0.717, 1.165) is 5.56 Å². The number of allylic oxidation sites excluding steroid dienone is 2. The molecule has 232 valence electrons. The Bertz CT molecular complexity index is 1230. The van der Waals surface area contributed by atoms with E-state index in [2.05, 4.69) is 15.4 Å². The molecular weight excluding hydrogens is 558 g/mol. The summed E-state index contributed by atoms with van der Waals surface area (Å²) >= 11 is 4.77. The van der Waals surface area contributed by atoms with Gasteiger partial charge in [0.2, 0.25) is 5.78 Å². The van der Waals surface area contributed by atoms with Crippen molar-refractivity contribution >= 4 is 36.2 Å². The van der Waals surface area contributed by atoms with Gasteiger partial charge in [-0.15, -0.1) is 17.5 Å². The first-order valence-electron chi connectivity index (χ1n) is 14.2. The fourth-order valence-electron chi connectivity index (χ4n) is 5.67. The van der Waals surface area contributed by atoms with Gasteiger partial charge in [-0.25, -0.2) is 0 Å². The van der Waals surface area contributed by atoms with Crippen LogP contribution in [0.15, 0.2) is 39.1 Å². The van der Waals surface area contributed by atoms with Crippen LogP contribution in [-0.2, 0) is 19.1 Å². The molecular formula is C30H45N5O6S. The van der Waals surface area contributed by atoms with Crippen molar-refractivity contribution in [2.24, 2.45) is 10.9 Å². The van der Waals surface area contributed by atoms with Gasteiger partial charge in [-0.05, 0) is 78.6 Å². The monoisotopic (exact) mass is 603 g/mol. The lowest BCUT2D eigenvalue weighted by atomic mass is 9.77. The first-order chi connectivity index (χ1) is 19.9. The number of likely N-dealkylation sites (N-methyl/N-ethyl adjacent to an activating group) is 3. The number of nitrogens with zero attached hydrogens (tertiary/aromatic N) is 3. The first-order valence-corrected chi connectivity index (χ1v) is 14.6. The van der Waals surface area contributed by atoms with E-state index in [9.17, 15) is 19.3 Å². The van der Waals surface area contributed by atoms with E-state index in [1.807, 2.05) is 52.9 Å². The average Bonchev–Trinajstić information content (AvgIpc) is 2.94. The maximum Gasteiger partial charge on any atom is 0.225 e. The van der Waals surface area contributed by atoms with Gasteiger partial charge in [-0.2, -0.15) is 0 Å². The van der Waals surface area contributed by atoms with Crippen molar-refractivity contribution in [2.75, 3.05) is 47.4 Å². The van der Waals surface area contributed by atoms with Crippen molar-refractivity contribution in [3.05, 3.63) is 45.1 Å². The van der Waals surface area contributed by atoms with Crippen LogP contribution in [0.25, 0.3) is 0 Å². The number of nitrogens with two attached hydrogens (primary N) is 1. The number of carbonyl (C=O) groups excluding carboxylic acids is 3. The third kappa shape index (κ3) is 7.54. The number of aryl methyl sites for hydroxylation is 1. The minimum absolute atomic E-state index is 0.0935. The van der Waals surface area contributed by atoms with E-state index in [-0.39, 0.29) is 47.2 Å². The summed E-state index contributed by atoms with van der Waals surface area (Å²) in [5.41, 5.74) is 7.55. The van der Waals surface area contributed by atoms with Crippen LogP contribution in [-0.4, -0.2) is 93.2 Å². The van der Waals surface area contributed by atoms with E-state index in [0.29, 0.717) is 66.4 Å². The third-order valence-electron chi connectivity index (χ3n) is 7.26. The van der Waals surface area contributed by atoms with Crippen LogP contribution in [0.5, 0.6) is 5.75 Å². The fraction of sp³-hybridized carbons (Fsp3) is 0.567. The molecule has 0 fully saturated rings. The van der Waals surface area contributed by atoms with Crippen LogP contribution in [0.4, 0.5) is 5.69 Å². The molecule has 1 heterocycles. The van der Waals surface area contributed by atoms with Gasteiger partial charge >= 0.3 is 0 Å². The Balaban J connectivity index is 0.00000113. The minimum Gasteiger partial charge on any atom is -0.491 e. The highest BCUT2D eigenvalue weighted by atomic mass is 32.1. The number of hydrogen-bond acceptors (Lipinski definition) is 12. The van der Waals surface area contributed by atoms with Crippen molar-refractivity contribution in [2.45, 2.75) is 70.1 Å². The zero-order valence-electron chi connectivity index (χ0n) is 25.9. The third-order valence-corrected chi connectivity index (χ3v) is 7.63. The van der Waals surface area contributed by atoms with Crippen molar-refractivity contribution in [3.8, 4) is 5.75 Å². The topological polar surface area (TPSA) is 144 Å². The van der Waals surface area contributed by atoms with Crippen LogP contribution in [0.3, 0.4) is 0 Å². The van der Waals surface area contributed by atoms with Crippen LogP contribution in [0.2, 0.25) is 0 Å². The second-order valence-electron chi connectivity index (χ2n) is 10.4. The number of ether oxygens (including phenoxy) is 2. The zero-order chi connectivity index (χ0) is 31.7. The Morgan fingerprint density at radius 3 is 2.33 bits per heavy atom. The maximum absolute atomic E-state index is 13.5. The molecule has 1 aliphatic heterocycles. The lowest BCUT2D eigenvalue weighted by Gasteiger charge is -2.48. The number of thiol groups is 1. The van der Waals surface area contributed by atoms with Gasteiger partial charge in [0.05, 0.1) is 31.3 Å². The molecule has 0 spiro atoms. The van der Waals surface area contributed by atoms with Gasteiger partial charge in [0.25, 0.3) is 0 Å². The highest BCUT2D eigenvalue weighted by molar-refractivity contribution is 7.80. The van der Waals surface area contributed by atoms with Gasteiger partial charge in [0, 0.05) is 40.3 Å². The van der Waals surface area contributed by atoms with Crippen LogP contribution < -0.4 is 15.8 Å². The molecule has 0 saturated heterocycles. The molecule has 0 aromatic heterocycles. The highest BCUT2D eigenvalue weighted by Gasteiger charge is 2.47. The number of nitrogens with one attached hydrogen (secondary N) is 1. The lowest BCUT2D eigenvalue weighted by molar-refractivity contribution is -0.120.